The molecule has 2 aromatic rings. The van der Waals surface area contributed by atoms with Crippen molar-refractivity contribution >= 4 is 40.8 Å². The van der Waals surface area contributed by atoms with Gasteiger partial charge in [-0.1, -0.05) is 23.2 Å². The predicted octanol–water partition coefficient (Wildman–Crippen LogP) is 4.50. The van der Waals surface area contributed by atoms with Gasteiger partial charge in [-0.2, -0.15) is 0 Å². The molecule has 0 radical (unpaired) electrons. The molecule has 0 bridgehead atoms. The molecule has 21 heavy (non-hydrogen) atoms. The van der Waals surface area contributed by atoms with Crippen LogP contribution in [0.3, 0.4) is 0 Å². The van der Waals surface area contributed by atoms with E-state index in [4.69, 9.17) is 23.2 Å². The fraction of sp³-hybridized carbons (Fsp3) is 0. The standard InChI is InChI=1S/C13H7Cl2FN2O3/c14-8-1-2-10(16)11(4-8)17-6-7-3-9(15)5-12(13(7)19)18(20)21/h1-6,19H. The molecule has 0 amide bonds. The van der Waals surface area contributed by atoms with Crippen molar-refractivity contribution < 1.29 is 14.4 Å². The summed E-state index contributed by atoms with van der Waals surface area (Å²) in [7, 11) is 0. The van der Waals surface area contributed by atoms with E-state index in [0.717, 1.165) is 18.3 Å². The van der Waals surface area contributed by atoms with Crippen molar-refractivity contribution in [3.8, 4) is 5.75 Å². The molecule has 0 saturated carbocycles. The average molecular weight is 329 g/mol. The maximum Gasteiger partial charge on any atom is 0.312 e. The van der Waals surface area contributed by atoms with E-state index in [2.05, 4.69) is 4.99 Å². The molecule has 108 valence electrons. The molecule has 0 heterocycles. The SMILES string of the molecule is O=[N+]([O-])c1cc(Cl)cc(C=Nc2cc(Cl)ccc2F)c1O. The summed E-state index contributed by atoms with van der Waals surface area (Å²) in [5, 5.41) is 20.9. The number of hydrogen-bond donors (Lipinski definition) is 1. The number of rotatable bonds is 3. The third kappa shape index (κ3) is 3.48. The number of benzene rings is 2. The quantitative estimate of drug-likeness (QED) is 0.512. The lowest BCUT2D eigenvalue weighted by molar-refractivity contribution is -0.385. The first-order valence-corrected chi connectivity index (χ1v) is 6.30. The number of phenolic OH excluding ortho intramolecular Hbond substituents is 1. The molecule has 0 aliphatic heterocycles. The summed E-state index contributed by atoms with van der Waals surface area (Å²) in [6, 6.07) is 6.06. The summed E-state index contributed by atoms with van der Waals surface area (Å²) in [5.41, 5.74) is -0.631. The highest BCUT2D eigenvalue weighted by Gasteiger charge is 2.17. The van der Waals surface area contributed by atoms with Crippen LogP contribution in [0, 0.1) is 15.9 Å². The highest BCUT2D eigenvalue weighted by Crippen LogP contribution is 2.32. The predicted molar refractivity (Wildman–Crippen MR) is 78.4 cm³/mol. The van der Waals surface area contributed by atoms with E-state index >= 15 is 0 Å². The molecule has 0 fully saturated rings. The number of phenols is 1. The van der Waals surface area contributed by atoms with E-state index in [1.54, 1.807) is 0 Å². The Bertz CT molecular complexity index is 750. The smallest absolute Gasteiger partial charge is 0.312 e. The van der Waals surface area contributed by atoms with Crippen LogP contribution in [0.1, 0.15) is 5.56 Å². The van der Waals surface area contributed by atoms with Gasteiger partial charge >= 0.3 is 5.69 Å². The number of halogens is 3. The zero-order valence-corrected chi connectivity index (χ0v) is 11.8. The zero-order chi connectivity index (χ0) is 15.6. The van der Waals surface area contributed by atoms with Crippen molar-refractivity contribution in [1.82, 2.24) is 0 Å². The molecule has 0 unspecified atom stereocenters. The van der Waals surface area contributed by atoms with Crippen molar-refractivity contribution in [2.45, 2.75) is 0 Å². The van der Waals surface area contributed by atoms with Gasteiger partial charge < -0.3 is 5.11 Å². The van der Waals surface area contributed by atoms with Crippen LogP contribution in [-0.2, 0) is 0 Å². The molecule has 0 aliphatic carbocycles. The van der Waals surface area contributed by atoms with Crippen molar-refractivity contribution in [3.63, 3.8) is 0 Å². The van der Waals surface area contributed by atoms with Crippen LogP contribution in [0.2, 0.25) is 10.0 Å². The van der Waals surface area contributed by atoms with Crippen LogP contribution in [0.25, 0.3) is 0 Å². The van der Waals surface area contributed by atoms with Crippen LogP contribution >= 0.6 is 23.2 Å². The summed E-state index contributed by atoms with van der Waals surface area (Å²) in [5.74, 6) is -1.22. The molecule has 5 nitrogen and oxygen atoms in total. The lowest BCUT2D eigenvalue weighted by Gasteiger charge is -2.02. The van der Waals surface area contributed by atoms with Gasteiger partial charge in [0, 0.05) is 27.9 Å². The first-order valence-electron chi connectivity index (χ1n) is 5.54. The Balaban J connectivity index is 2.46. The van der Waals surface area contributed by atoms with Crippen LogP contribution in [-0.4, -0.2) is 16.2 Å². The van der Waals surface area contributed by atoms with Crippen LogP contribution in [0.15, 0.2) is 35.3 Å². The Morgan fingerprint density at radius 3 is 2.62 bits per heavy atom. The number of hydrogen-bond acceptors (Lipinski definition) is 4. The Labute approximate surface area is 128 Å². The third-order valence-electron chi connectivity index (χ3n) is 2.53. The molecule has 8 heteroatoms. The van der Waals surface area contributed by atoms with E-state index in [-0.39, 0.29) is 21.3 Å². The number of nitro benzene ring substituents is 1. The molecule has 2 aromatic carbocycles. The maximum absolute atomic E-state index is 13.5. The van der Waals surface area contributed by atoms with Gasteiger partial charge in [-0.3, -0.25) is 15.1 Å². The fourth-order valence-electron chi connectivity index (χ4n) is 1.57. The topological polar surface area (TPSA) is 75.7 Å². The minimum atomic E-state index is -0.779. The second kappa shape index (κ2) is 6.07. The minimum Gasteiger partial charge on any atom is -0.502 e. The molecule has 1 N–H and O–H groups in total. The van der Waals surface area contributed by atoms with Gasteiger partial charge in [0.25, 0.3) is 0 Å². The van der Waals surface area contributed by atoms with E-state index in [1.165, 1.54) is 18.2 Å². The summed E-state index contributed by atoms with van der Waals surface area (Å²) in [4.78, 5) is 13.8. The van der Waals surface area contributed by atoms with E-state index in [0.29, 0.717) is 0 Å². The summed E-state index contributed by atoms with van der Waals surface area (Å²) >= 11 is 11.5. The van der Waals surface area contributed by atoms with Crippen molar-refractivity contribution in [2.24, 2.45) is 4.99 Å². The Morgan fingerprint density at radius 1 is 1.24 bits per heavy atom. The number of aromatic hydroxyl groups is 1. The van der Waals surface area contributed by atoms with Gasteiger partial charge in [0.05, 0.1) is 4.92 Å². The molecule has 0 aromatic heterocycles. The minimum absolute atomic E-state index is 0.00595. The van der Waals surface area contributed by atoms with Gasteiger partial charge in [-0.05, 0) is 24.3 Å². The molecule has 2 rings (SSSR count). The Kier molecular flexibility index (Phi) is 4.40. The maximum atomic E-state index is 13.5. The molecular formula is C13H7Cl2FN2O3. The first kappa shape index (κ1) is 15.2. The van der Waals surface area contributed by atoms with Gasteiger partial charge in [0.2, 0.25) is 5.75 Å². The molecule has 0 spiro atoms. The second-order valence-corrected chi connectivity index (χ2v) is 4.85. The zero-order valence-electron chi connectivity index (χ0n) is 10.3. The largest absolute Gasteiger partial charge is 0.502 e. The highest BCUT2D eigenvalue weighted by atomic mass is 35.5. The first-order chi connectivity index (χ1) is 9.88. The molecule has 0 aliphatic rings. The van der Waals surface area contributed by atoms with Gasteiger partial charge in [0.15, 0.2) is 0 Å². The Morgan fingerprint density at radius 2 is 1.95 bits per heavy atom. The fourth-order valence-corrected chi connectivity index (χ4v) is 1.95. The number of nitro groups is 1. The van der Waals surface area contributed by atoms with Gasteiger partial charge in [-0.15, -0.1) is 0 Å². The van der Waals surface area contributed by atoms with Crippen LogP contribution in [0.5, 0.6) is 5.75 Å². The normalized spacial score (nSPS) is 11.0. The lowest BCUT2D eigenvalue weighted by Crippen LogP contribution is -1.92. The summed E-state index contributed by atoms with van der Waals surface area (Å²) < 4.78 is 13.5. The number of nitrogens with zero attached hydrogens (tertiary/aromatic N) is 2. The Hall–Kier alpha value is -2.18. The van der Waals surface area contributed by atoms with E-state index in [1.807, 2.05) is 0 Å². The highest BCUT2D eigenvalue weighted by molar-refractivity contribution is 6.31. The van der Waals surface area contributed by atoms with Gasteiger partial charge in [-0.25, -0.2) is 4.39 Å². The molecular weight excluding hydrogens is 322 g/mol. The average Bonchev–Trinajstić information content (AvgIpc) is 2.42. The molecule has 0 saturated heterocycles. The second-order valence-electron chi connectivity index (χ2n) is 3.97. The number of aliphatic imine (C=N–C) groups is 1. The summed E-state index contributed by atoms with van der Waals surface area (Å²) in [6.07, 6.45) is 1.07. The van der Waals surface area contributed by atoms with Gasteiger partial charge in [0.1, 0.15) is 11.5 Å². The van der Waals surface area contributed by atoms with Crippen molar-refractivity contribution in [2.75, 3.05) is 0 Å². The third-order valence-corrected chi connectivity index (χ3v) is 2.98. The lowest BCUT2D eigenvalue weighted by atomic mass is 10.2. The molecule has 0 atom stereocenters. The van der Waals surface area contributed by atoms with E-state index < -0.39 is 22.2 Å². The van der Waals surface area contributed by atoms with Crippen LogP contribution in [0.4, 0.5) is 15.8 Å². The van der Waals surface area contributed by atoms with Crippen molar-refractivity contribution in [3.05, 3.63) is 61.9 Å². The van der Waals surface area contributed by atoms with E-state index in [9.17, 15) is 19.6 Å². The summed E-state index contributed by atoms with van der Waals surface area (Å²) in [6.45, 7) is 0. The monoisotopic (exact) mass is 328 g/mol. The van der Waals surface area contributed by atoms with Crippen molar-refractivity contribution in [1.29, 1.82) is 0 Å². The van der Waals surface area contributed by atoms with Crippen LogP contribution < -0.4 is 0 Å².